The Balaban J connectivity index is 2.37. The molecule has 0 atom stereocenters. The van der Waals surface area contributed by atoms with Gasteiger partial charge in [0.05, 0.1) is 10.4 Å². The van der Waals surface area contributed by atoms with Gasteiger partial charge in [-0.1, -0.05) is 6.07 Å². The number of aromatic nitrogens is 1. The molecule has 100 valence electrons. The van der Waals surface area contributed by atoms with Crippen LogP contribution in [-0.4, -0.2) is 10.8 Å². The zero-order valence-electron chi connectivity index (χ0n) is 9.58. The van der Waals surface area contributed by atoms with Gasteiger partial charge >= 0.3 is 6.18 Å². The van der Waals surface area contributed by atoms with Crippen LogP contribution in [0.15, 0.2) is 24.4 Å². The van der Waals surface area contributed by atoms with E-state index < -0.39 is 22.8 Å². The molecule has 2 nitrogen and oxygen atoms in total. The number of hydrogen-bond acceptors (Lipinski definition) is 3. The lowest BCUT2D eigenvalue weighted by molar-refractivity contribution is -0.137. The van der Waals surface area contributed by atoms with Crippen LogP contribution in [0.3, 0.4) is 0 Å². The molecule has 1 aromatic carbocycles. The highest BCUT2D eigenvalue weighted by Gasteiger charge is 2.35. The SMILES string of the molecule is Cc1ccc(C(=O)c2cnc(C(F)(F)F)s2)c(F)c1. The molecule has 0 amide bonds. The second kappa shape index (κ2) is 4.73. The quantitative estimate of drug-likeness (QED) is 0.621. The lowest BCUT2D eigenvalue weighted by Gasteiger charge is -2.01. The number of nitrogens with zero attached hydrogens (tertiary/aromatic N) is 1. The number of rotatable bonds is 2. The largest absolute Gasteiger partial charge is 0.443 e. The molecule has 0 saturated carbocycles. The third kappa shape index (κ3) is 2.81. The van der Waals surface area contributed by atoms with Crippen LogP contribution in [0.1, 0.15) is 25.8 Å². The molecule has 0 aliphatic rings. The van der Waals surface area contributed by atoms with Crippen molar-refractivity contribution in [2.24, 2.45) is 0 Å². The molecule has 7 heteroatoms. The third-order valence-electron chi connectivity index (χ3n) is 2.34. The molecule has 0 saturated heterocycles. The van der Waals surface area contributed by atoms with E-state index >= 15 is 0 Å². The second-order valence-electron chi connectivity index (χ2n) is 3.84. The molecular formula is C12H7F4NOS. The minimum Gasteiger partial charge on any atom is -0.288 e. The standard InChI is InChI=1S/C12H7F4NOS/c1-6-2-3-7(8(13)4-6)10(18)9-5-17-11(19-9)12(14,15)16/h2-5H,1H3. The summed E-state index contributed by atoms with van der Waals surface area (Å²) >= 11 is 0.203. The first-order valence-corrected chi connectivity index (χ1v) is 5.94. The first-order chi connectivity index (χ1) is 8.79. The van der Waals surface area contributed by atoms with Gasteiger partial charge in [-0.3, -0.25) is 4.79 Å². The number of benzene rings is 1. The minimum absolute atomic E-state index is 0.203. The smallest absolute Gasteiger partial charge is 0.288 e. The minimum atomic E-state index is -4.60. The predicted octanol–water partition coefficient (Wildman–Crippen LogP) is 3.84. The van der Waals surface area contributed by atoms with Crippen molar-refractivity contribution in [2.75, 3.05) is 0 Å². The zero-order valence-corrected chi connectivity index (χ0v) is 10.4. The van der Waals surface area contributed by atoms with Crippen molar-refractivity contribution in [1.82, 2.24) is 4.98 Å². The summed E-state index contributed by atoms with van der Waals surface area (Å²) in [6, 6.07) is 3.92. The normalized spacial score (nSPS) is 11.6. The van der Waals surface area contributed by atoms with Crippen molar-refractivity contribution < 1.29 is 22.4 Å². The van der Waals surface area contributed by atoms with Crippen LogP contribution < -0.4 is 0 Å². The highest BCUT2D eigenvalue weighted by Crippen LogP contribution is 2.33. The Bertz CT molecular complexity index is 633. The molecule has 0 aliphatic carbocycles. The van der Waals surface area contributed by atoms with E-state index in [-0.39, 0.29) is 21.8 Å². The number of ketones is 1. The van der Waals surface area contributed by atoms with Gasteiger partial charge in [-0.2, -0.15) is 13.2 Å². The van der Waals surface area contributed by atoms with E-state index in [0.717, 1.165) is 12.3 Å². The van der Waals surface area contributed by atoms with Gasteiger partial charge in [-0.05, 0) is 24.6 Å². The summed E-state index contributed by atoms with van der Waals surface area (Å²) in [5.74, 6) is -1.56. The molecule has 2 aromatic rings. The molecule has 0 unspecified atom stereocenters. The Morgan fingerprint density at radius 1 is 1.32 bits per heavy atom. The van der Waals surface area contributed by atoms with E-state index in [0.29, 0.717) is 5.56 Å². The van der Waals surface area contributed by atoms with Gasteiger partial charge in [-0.15, -0.1) is 11.3 Å². The average Bonchev–Trinajstić information content (AvgIpc) is 2.76. The van der Waals surface area contributed by atoms with Crippen molar-refractivity contribution in [2.45, 2.75) is 13.1 Å². The Kier molecular flexibility index (Phi) is 3.40. The first-order valence-electron chi connectivity index (χ1n) is 5.13. The fourth-order valence-corrected chi connectivity index (χ4v) is 2.18. The Morgan fingerprint density at radius 2 is 2.00 bits per heavy atom. The predicted molar refractivity (Wildman–Crippen MR) is 61.7 cm³/mol. The molecule has 0 N–H and O–H groups in total. The van der Waals surface area contributed by atoms with Crippen molar-refractivity contribution in [3.8, 4) is 0 Å². The number of thiazole rings is 1. The molecule has 0 radical (unpaired) electrons. The number of alkyl halides is 3. The van der Waals surface area contributed by atoms with Crippen molar-refractivity contribution in [3.05, 3.63) is 51.2 Å². The van der Waals surface area contributed by atoms with Crippen LogP contribution in [0.5, 0.6) is 0 Å². The number of carbonyl (C=O) groups excluding carboxylic acids is 1. The fraction of sp³-hybridized carbons (Fsp3) is 0.167. The lowest BCUT2D eigenvalue weighted by Crippen LogP contribution is -2.03. The summed E-state index contributed by atoms with van der Waals surface area (Å²) in [4.78, 5) is 14.8. The topological polar surface area (TPSA) is 30.0 Å². The van der Waals surface area contributed by atoms with Crippen LogP contribution in [0, 0.1) is 12.7 Å². The third-order valence-corrected chi connectivity index (χ3v) is 3.38. The molecule has 0 spiro atoms. The maximum absolute atomic E-state index is 13.6. The van der Waals surface area contributed by atoms with Crippen molar-refractivity contribution in [3.63, 3.8) is 0 Å². The van der Waals surface area contributed by atoms with Gasteiger partial charge in [0.1, 0.15) is 5.82 Å². The van der Waals surface area contributed by atoms with Crippen LogP contribution in [0.2, 0.25) is 0 Å². The van der Waals surface area contributed by atoms with Crippen LogP contribution >= 0.6 is 11.3 Å². The summed E-state index contributed by atoms with van der Waals surface area (Å²) in [6.45, 7) is 1.64. The zero-order chi connectivity index (χ0) is 14.2. The van der Waals surface area contributed by atoms with Crippen LogP contribution in [0.4, 0.5) is 17.6 Å². The summed E-state index contributed by atoms with van der Waals surface area (Å²) in [5.41, 5.74) is 0.359. The van der Waals surface area contributed by atoms with Gasteiger partial charge in [-0.25, -0.2) is 9.37 Å². The highest BCUT2D eigenvalue weighted by molar-refractivity contribution is 7.13. The van der Waals surface area contributed by atoms with Crippen LogP contribution in [-0.2, 0) is 6.18 Å². The van der Waals surface area contributed by atoms with Gasteiger partial charge in [0, 0.05) is 6.20 Å². The molecular weight excluding hydrogens is 282 g/mol. The van der Waals surface area contributed by atoms with Crippen molar-refractivity contribution in [1.29, 1.82) is 0 Å². The van der Waals surface area contributed by atoms with E-state index in [4.69, 9.17) is 0 Å². The molecule has 2 rings (SSSR count). The maximum Gasteiger partial charge on any atom is 0.443 e. The number of carbonyl (C=O) groups is 1. The summed E-state index contributed by atoms with van der Waals surface area (Å²) in [7, 11) is 0. The number of aryl methyl sites for hydroxylation is 1. The van der Waals surface area contributed by atoms with Gasteiger partial charge in [0.2, 0.25) is 5.78 Å². The molecule has 19 heavy (non-hydrogen) atoms. The van der Waals surface area contributed by atoms with E-state index in [1.165, 1.54) is 12.1 Å². The summed E-state index contributed by atoms with van der Waals surface area (Å²) in [6.07, 6.45) is -3.79. The van der Waals surface area contributed by atoms with Crippen molar-refractivity contribution >= 4 is 17.1 Å². The fourth-order valence-electron chi connectivity index (χ4n) is 1.45. The first kappa shape index (κ1) is 13.7. The summed E-state index contributed by atoms with van der Waals surface area (Å²) < 4.78 is 50.7. The summed E-state index contributed by atoms with van der Waals surface area (Å²) in [5, 5.41) is -1.12. The Morgan fingerprint density at radius 3 is 2.53 bits per heavy atom. The van der Waals surface area contributed by atoms with E-state index in [1.807, 2.05) is 0 Å². The van der Waals surface area contributed by atoms with Gasteiger partial charge in [0.25, 0.3) is 0 Å². The number of hydrogen-bond donors (Lipinski definition) is 0. The monoisotopic (exact) mass is 289 g/mol. The van der Waals surface area contributed by atoms with E-state index in [1.54, 1.807) is 6.92 Å². The second-order valence-corrected chi connectivity index (χ2v) is 4.87. The van der Waals surface area contributed by atoms with E-state index in [9.17, 15) is 22.4 Å². The molecule has 0 bridgehead atoms. The lowest BCUT2D eigenvalue weighted by atomic mass is 10.1. The van der Waals surface area contributed by atoms with Gasteiger partial charge in [0.15, 0.2) is 5.01 Å². The Labute approximate surface area is 109 Å². The molecule has 0 fully saturated rings. The average molecular weight is 289 g/mol. The van der Waals surface area contributed by atoms with Gasteiger partial charge < -0.3 is 0 Å². The molecule has 1 aromatic heterocycles. The highest BCUT2D eigenvalue weighted by atomic mass is 32.1. The van der Waals surface area contributed by atoms with Crippen LogP contribution in [0.25, 0.3) is 0 Å². The Hall–Kier alpha value is -1.76. The molecule has 1 heterocycles. The maximum atomic E-state index is 13.6. The molecule has 0 aliphatic heterocycles. The number of halogens is 4. The van der Waals surface area contributed by atoms with E-state index in [2.05, 4.69) is 4.98 Å².